The maximum absolute atomic E-state index is 12.1. The molecule has 0 spiro atoms. The van der Waals surface area contributed by atoms with E-state index in [9.17, 15) is 9.59 Å². The van der Waals surface area contributed by atoms with Crippen LogP contribution in [0.4, 0.5) is 11.4 Å². The summed E-state index contributed by atoms with van der Waals surface area (Å²) in [7, 11) is 0. The number of morpholine rings is 1. The molecular weight excluding hydrogens is 372 g/mol. The molecule has 2 saturated heterocycles. The average Bonchev–Trinajstić information content (AvgIpc) is 2.90. The van der Waals surface area contributed by atoms with Gasteiger partial charge >= 0.3 is 0 Å². The molecule has 0 aromatic heterocycles. The van der Waals surface area contributed by atoms with Crippen molar-refractivity contribution >= 4 is 50.1 Å². The minimum Gasteiger partial charge on any atom is -0.378 e. The van der Waals surface area contributed by atoms with Crippen molar-refractivity contribution in [2.75, 3.05) is 42.6 Å². The molecule has 2 heterocycles. The number of amides is 1. The Kier molecular flexibility index (Phi) is 4.70. The van der Waals surface area contributed by atoms with Crippen molar-refractivity contribution < 1.29 is 14.3 Å². The average molecular weight is 388 g/mol. The van der Waals surface area contributed by atoms with Crippen LogP contribution in [-0.4, -0.2) is 44.0 Å². The summed E-state index contributed by atoms with van der Waals surface area (Å²) < 4.78 is 6.29. The van der Waals surface area contributed by atoms with Gasteiger partial charge in [0.2, 0.25) is 11.1 Å². The number of halogens is 2. The Balaban J connectivity index is 1.80. The lowest BCUT2D eigenvalue weighted by molar-refractivity contribution is -0.120. The summed E-state index contributed by atoms with van der Waals surface area (Å²) in [4.78, 5) is 27.2. The number of hydrogen-bond acceptors (Lipinski definition) is 4. The van der Waals surface area contributed by atoms with Crippen LogP contribution < -0.4 is 9.80 Å². The zero-order chi connectivity index (χ0) is 15.7. The third-order valence-corrected chi connectivity index (χ3v) is 4.98. The van der Waals surface area contributed by atoms with E-state index < -0.39 is 11.2 Å². The van der Waals surface area contributed by atoms with Crippen LogP contribution >= 0.6 is 27.5 Å². The highest BCUT2D eigenvalue weighted by Crippen LogP contribution is 2.34. The van der Waals surface area contributed by atoms with Gasteiger partial charge in [-0.3, -0.25) is 9.59 Å². The summed E-state index contributed by atoms with van der Waals surface area (Å²) >= 11 is 9.09. The Morgan fingerprint density at radius 3 is 2.64 bits per heavy atom. The second-order valence-electron chi connectivity index (χ2n) is 5.44. The highest BCUT2D eigenvalue weighted by molar-refractivity contribution is 9.10. The Morgan fingerprint density at radius 1 is 1.32 bits per heavy atom. The van der Waals surface area contributed by atoms with Gasteiger partial charge in [-0.15, -0.1) is 0 Å². The molecule has 1 aromatic rings. The number of hydrogen-bond donors (Lipinski definition) is 0. The topological polar surface area (TPSA) is 49.9 Å². The molecule has 3 rings (SSSR count). The van der Waals surface area contributed by atoms with Crippen LogP contribution in [0.3, 0.4) is 0 Å². The first kappa shape index (κ1) is 15.8. The first-order valence-corrected chi connectivity index (χ1v) is 8.35. The van der Waals surface area contributed by atoms with Crippen molar-refractivity contribution in [1.82, 2.24) is 0 Å². The standard InChI is InChI=1S/C15H16BrClN2O3/c16-12-8-11(19-9-10(15(17)21)7-14(19)20)1-2-13(12)18-3-5-22-6-4-18/h1-2,8,10H,3-7,9H2. The molecule has 0 saturated carbocycles. The van der Waals surface area contributed by atoms with Crippen LogP contribution in [0.2, 0.25) is 0 Å². The van der Waals surface area contributed by atoms with Gasteiger partial charge in [0.1, 0.15) is 0 Å². The molecule has 2 fully saturated rings. The van der Waals surface area contributed by atoms with E-state index >= 15 is 0 Å². The van der Waals surface area contributed by atoms with E-state index in [4.69, 9.17) is 16.3 Å². The number of carbonyl (C=O) groups is 2. The largest absolute Gasteiger partial charge is 0.378 e. The van der Waals surface area contributed by atoms with E-state index in [1.165, 1.54) is 0 Å². The van der Waals surface area contributed by atoms with E-state index in [0.717, 1.165) is 42.2 Å². The maximum Gasteiger partial charge on any atom is 0.227 e. The molecule has 118 valence electrons. The van der Waals surface area contributed by atoms with Gasteiger partial charge in [-0.2, -0.15) is 0 Å². The summed E-state index contributed by atoms with van der Waals surface area (Å²) in [6.07, 6.45) is 0.186. The van der Waals surface area contributed by atoms with Gasteiger partial charge in [0.25, 0.3) is 0 Å². The summed E-state index contributed by atoms with van der Waals surface area (Å²) in [6, 6.07) is 5.83. The Bertz CT molecular complexity index is 604. The second kappa shape index (κ2) is 6.56. The first-order valence-electron chi connectivity index (χ1n) is 7.18. The van der Waals surface area contributed by atoms with Crippen molar-refractivity contribution in [3.63, 3.8) is 0 Å². The van der Waals surface area contributed by atoms with E-state index in [2.05, 4.69) is 20.8 Å². The predicted octanol–water partition coefficient (Wildman–Crippen LogP) is 2.40. The molecule has 1 amide bonds. The van der Waals surface area contributed by atoms with Crippen LogP contribution in [-0.2, 0) is 14.3 Å². The Morgan fingerprint density at radius 2 is 2.05 bits per heavy atom. The van der Waals surface area contributed by atoms with Crippen LogP contribution in [0, 0.1) is 5.92 Å². The number of rotatable bonds is 3. The van der Waals surface area contributed by atoms with Crippen molar-refractivity contribution in [3.05, 3.63) is 22.7 Å². The van der Waals surface area contributed by atoms with Crippen molar-refractivity contribution in [2.45, 2.75) is 6.42 Å². The fraction of sp³-hybridized carbons (Fsp3) is 0.467. The molecular formula is C15H16BrClN2O3. The van der Waals surface area contributed by atoms with Crippen molar-refractivity contribution in [2.24, 2.45) is 5.92 Å². The van der Waals surface area contributed by atoms with Crippen LogP contribution in [0.1, 0.15) is 6.42 Å². The minimum absolute atomic E-state index is 0.0648. The van der Waals surface area contributed by atoms with E-state index in [0.29, 0.717) is 6.54 Å². The van der Waals surface area contributed by atoms with E-state index in [-0.39, 0.29) is 12.3 Å². The first-order chi connectivity index (χ1) is 10.6. The fourth-order valence-corrected chi connectivity index (χ4v) is 3.60. The van der Waals surface area contributed by atoms with Gasteiger partial charge in [-0.1, -0.05) is 0 Å². The monoisotopic (exact) mass is 386 g/mol. The molecule has 0 bridgehead atoms. The van der Waals surface area contributed by atoms with E-state index in [1.807, 2.05) is 18.2 Å². The number of nitrogens with zero attached hydrogens (tertiary/aromatic N) is 2. The fourth-order valence-electron chi connectivity index (χ4n) is 2.83. The highest BCUT2D eigenvalue weighted by Gasteiger charge is 2.34. The Hall–Kier alpha value is -1.11. The van der Waals surface area contributed by atoms with Gasteiger partial charge in [-0.05, 0) is 45.7 Å². The number of carbonyl (C=O) groups excluding carboxylic acids is 2. The smallest absolute Gasteiger partial charge is 0.227 e. The molecule has 0 radical (unpaired) electrons. The number of benzene rings is 1. The van der Waals surface area contributed by atoms with Crippen LogP contribution in [0.15, 0.2) is 22.7 Å². The molecule has 2 aliphatic heterocycles. The third-order valence-electron chi connectivity index (χ3n) is 4.04. The summed E-state index contributed by atoms with van der Waals surface area (Å²) in [6.45, 7) is 3.49. The second-order valence-corrected chi connectivity index (χ2v) is 6.67. The number of ether oxygens (including phenoxy) is 1. The normalized spacial score (nSPS) is 22.3. The lowest BCUT2D eigenvalue weighted by Gasteiger charge is -2.30. The molecule has 1 atom stereocenters. The van der Waals surface area contributed by atoms with Crippen LogP contribution in [0.5, 0.6) is 0 Å². The lowest BCUT2D eigenvalue weighted by atomic mass is 10.1. The predicted molar refractivity (Wildman–Crippen MR) is 88.5 cm³/mol. The summed E-state index contributed by atoms with van der Waals surface area (Å²) in [5.41, 5.74) is 1.87. The molecule has 1 unspecified atom stereocenters. The molecule has 5 nitrogen and oxygen atoms in total. The molecule has 0 N–H and O–H groups in total. The molecule has 1 aromatic carbocycles. The van der Waals surface area contributed by atoms with E-state index in [1.54, 1.807) is 4.90 Å². The molecule has 0 aliphatic carbocycles. The van der Waals surface area contributed by atoms with Gasteiger partial charge in [0.15, 0.2) is 0 Å². The summed E-state index contributed by atoms with van der Waals surface area (Å²) in [5, 5.41) is -0.445. The summed E-state index contributed by atoms with van der Waals surface area (Å²) in [5.74, 6) is -0.475. The van der Waals surface area contributed by atoms with Gasteiger partial charge in [0.05, 0.1) is 24.8 Å². The van der Waals surface area contributed by atoms with Crippen molar-refractivity contribution in [1.29, 1.82) is 0 Å². The third kappa shape index (κ3) is 3.14. The zero-order valence-corrected chi connectivity index (χ0v) is 14.3. The minimum atomic E-state index is -0.445. The molecule has 7 heteroatoms. The Labute approximate surface area is 142 Å². The van der Waals surface area contributed by atoms with Crippen molar-refractivity contribution in [3.8, 4) is 0 Å². The molecule has 22 heavy (non-hydrogen) atoms. The quantitative estimate of drug-likeness (QED) is 0.747. The zero-order valence-electron chi connectivity index (χ0n) is 11.9. The number of anilines is 2. The van der Waals surface area contributed by atoms with Gasteiger partial charge in [0, 0.05) is 36.2 Å². The van der Waals surface area contributed by atoms with Gasteiger partial charge in [-0.25, -0.2) is 0 Å². The molecule has 2 aliphatic rings. The maximum atomic E-state index is 12.1. The SMILES string of the molecule is O=C(Cl)C1CC(=O)N(c2ccc(N3CCOCC3)c(Br)c2)C1. The van der Waals surface area contributed by atoms with Crippen LogP contribution in [0.25, 0.3) is 0 Å². The lowest BCUT2D eigenvalue weighted by Crippen LogP contribution is -2.36. The van der Waals surface area contributed by atoms with Gasteiger partial charge < -0.3 is 14.5 Å². The highest BCUT2D eigenvalue weighted by atomic mass is 79.9.